The first-order valence-electron chi connectivity index (χ1n) is 10.7. The van der Waals surface area contributed by atoms with Crippen molar-refractivity contribution in [2.45, 2.75) is 12.8 Å². The van der Waals surface area contributed by atoms with Crippen LogP contribution in [0.1, 0.15) is 28.2 Å². The molecule has 0 aliphatic rings. The Kier molecular flexibility index (Phi) is 8.43. The summed E-state index contributed by atoms with van der Waals surface area (Å²) in [6.45, 7) is 1.47. The summed E-state index contributed by atoms with van der Waals surface area (Å²) in [5.74, 6) is -0.656. The topological polar surface area (TPSA) is 86.3 Å². The maximum Gasteiger partial charge on any atom is 0.299 e. The van der Waals surface area contributed by atoms with E-state index in [4.69, 9.17) is 69.6 Å². The van der Waals surface area contributed by atoms with E-state index in [0.29, 0.717) is 0 Å². The quantitative estimate of drug-likeness (QED) is 0.0917. The Labute approximate surface area is 246 Å². The Balaban J connectivity index is 2.25. The van der Waals surface area contributed by atoms with Crippen LogP contribution in [0.15, 0.2) is 60.7 Å². The third-order valence-electron chi connectivity index (χ3n) is 6.01. The van der Waals surface area contributed by atoms with Gasteiger partial charge in [0.05, 0.1) is 41.1 Å². The molecule has 0 bridgehead atoms. The van der Waals surface area contributed by atoms with Crippen LogP contribution >= 0.6 is 69.6 Å². The SMILES string of the molecule is Cc1c(Cl)c(Cl)c([N+](=O)[O-])c(-c2c(Cl)c(C(c3ccccc3)c3ccccc3)c(Cl)c(Cl)c2[N+](=O)[O-])c1Cl. The van der Waals surface area contributed by atoms with Crippen LogP contribution in [0, 0.1) is 27.2 Å². The average Bonchev–Trinajstić information content (AvgIpc) is 2.90. The summed E-state index contributed by atoms with van der Waals surface area (Å²) in [7, 11) is 0. The molecule has 38 heavy (non-hydrogen) atoms. The third-order valence-corrected chi connectivity index (χ3v) is 8.67. The molecule has 4 aromatic carbocycles. The van der Waals surface area contributed by atoms with Gasteiger partial charge in [0.1, 0.15) is 10.0 Å². The zero-order valence-electron chi connectivity index (χ0n) is 19.1. The third kappa shape index (κ3) is 4.81. The summed E-state index contributed by atoms with van der Waals surface area (Å²) in [6, 6.07) is 18.2. The number of benzene rings is 4. The zero-order valence-corrected chi connectivity index (χ0v) is 23.7. The second-order valence-electron chi connectivity index (χ2n) is 8.14. The van der Waals surface area contributed by atoms with Crippen LogP contribution in [0.4, 0.5) is 11.4 Å². The number of nitro groups is 2. The molecule has 0 unspecified atom stereocenters. The lowest BCUT2D eigenvalue weighted by Gasteiger charge is -2.24. The van der Waals surface area contributed by atoms with Crippen molar-refractivity contribution in [1.82, 2.24) is 0 Å². The van der Waals surface area contributed by atoms with E-state index >= 15 is 0 Å². The molecule has 0 atom stereocenters. The van der Waals surface area contributed by atoms with Gasteiger partial charge in [-0.05, 0) is 23.6 Å². The number of hydrogen-bond acceptors (Lipinski definition) is 4. The van der Waals surface area contributed by atoms with Crippen molar-refractivity contribution in [1.29, 1.82) is 0 Å². The first-order valence-corrected chi connectivity index (χ1v) is 13.0. The van der Waals surface area contributed by atoms with Gasteiger partial charge in [-0.3, -0.25) is 20.2 Å². The lowest BCUT2D eigenvalue weighted by molar-refractivity contribution is -0.386. The van der Waals surface area contributed by atoms with Crippen molar-refractivity contribution in [2.24, 2.45) is 0 Å². The van der Waals surface area contributed by atoms with Crippen molar-refractivity contribution in [3.8, 4) is 11.1 Å². The smallest absolute Gasteiger partial charge is 0.258 e. The van der Waals surface area contributed by atoms with E-state index in [1.165, 1.54) is 6.92 Å². The van der Waals surface area contributed by atoms with Gasteiger partial charge in [-0.15, -0.1) is 0 Å². The van der Waals surface area contributed by atoms with Crippen LogP contribution in [-0.2, 0) is 0 Å². The molecule has 0 aliphatic heterocycles. The van der Waals surface area contributed by atoms with Crippen molar-refractivity contribution in [2.75, 3.05) is 0 Å². The molecule has 0 saturated carbocycles. The molecule has 0 amide bonds. The molecule has 0 saturated heterocycles. The van der Waals surface area contributed by atoms with Crippen LogP contribution in [0.5, 0.6) is 0 Å². The van der Waals surface area contributed by atoms with Gasteiger partial charge in [-0.1, -0.05) is 130 Å². The van der Waals surface area contributed by atoms with Crippen LogP contribution < -0.4 is 0 Å². The minimum absolute atomic E-state index is 0.166. The zero-order chi connectivity index (χ0) is 27.9. The van der Waals surface area contributed by atoms with Gasteiger partial charge >= 0.3 is 0 Å². The minimum atomic E-state index is -0.830. The summed E-state index contributed by atoms with van der Waals surface area (Å²) in [5.41, 5.74) is -0.444. The van der Waals surface area contributed by atoms with Crippen molar-refractivity contribution in [3.63, 3.8) is 0 Å². The number of rotatable bonds is 6. The average molecular weight is 631 g/mol. The molecule has 4 aromatic rings. The van der Waals surface area contributed by atoms with E-state index in [1.807, 2.05) is 60.7 Å². The number of nitro benzene ring substituents is 2. The standard InChI is InChI=1S/C26H14Cl6N2O4/c1-12-19(27)17(25(33(35)36)23(31)20(12)28)18-21(29)16(22(30)24(32)26(18)34(37)38)15(13-8-4-2-5-9-13)14-10-6-3-7-11-14/h2-11,15H,1H3. The molecule has 0 N–H and O–H groups in total. The Hall–Kier alpha value is -2.58. The summed E-state index contributed by atoms with van der Waals surface area (Å²) >= 11 is 39.2. The van der Waals surface area contributed by atoms with Crippen LogP contribution in [-0.4, -0.2) is 9.85 Å². The fraction of sp³-hybridized carbons (Fsp3) is 0.0769. The Morgan fingerprint density at radius 3 is 1.39 bits per heavy atom. The van der Waals surface area contributed by atoms with Crippen molar-refractivity contribution in [3.05, 3.63) is 133 Å². The van der Waals surface area contributed by atoms with Crippen molar-refractivity contribution >= 4 is 81.0 Å². The number of halogens is 6. The molecule has 194 valence electrons. The summed E-state index contributed by atoms with van der Waals surface area (Å²) in [4.78, 5) is 22.8. The van der Waals surface area contributed by atoms with E-state index in [2.05, 4.69) is 0 Å². The van der Waals surface area contributed by atoms with Gasteiger partial charge in [0.2, 0.25) is 0 Å². The molecule has 4 rings (SSSR count). The largest absolute Gasteiger partial charge is 0.299 e. The predicted octanol–water partition coefficient (Wildman–Crippen LogP) is 10.6. The van der Waals surface area contributed by atoms with Gasteiger partial charge in [-0.2, -0.15) is 0 Å². The van der Waals surface area contributed by atoms with E-state index < -0.39 is 42.7 Å². The van der Waals surface area contributed by atoms with E-state index in [-0.39, 0.29) is 36.8 Å². The molecule has 0 radical (unpaired) electrons. The number of hydrogen-bond donors (Lipinski definition) is 0. The first-order chi connectivity index (χ1) is 18.0. The predicted molar refractivity (Wildman–Crippen MR) is 154 cm³/mol. The maximum atomic E-state index is 12.3. The summed E-state index contributed by atoms with van der Waals surface area (Å²) in [6.07, 6.45) is 0. The monoisotopic (exact) mass is 628 g/mol. The van der Waals surface area contributed by atoms with E-state index in [9.17, 15) is 20.2 Å². The Morgan fingerprint density at radius 2 is 0.974 bits per heavy atom. The molecule has 12 heteroatoms. The Bertz CT molecular complexity index is 1560. The van der Waals surface area contributed by atoms with Crippen LogP contribution in [0.25, 0.3) is 11.1 Å². The van der Waals surface area contributed by atoms with Crippen LogP contribution in [0.2, 0.25) is 30.1 Å². The van der Waals surface area contributed by atoms with Gasteiger partial charge in [0, 0.05) is 11.5 Å². The second kappa shape index (κ2) is 11.3. The van der Waals surface area contributed by atoms with Gasteiger partial charge in [0.15, 0.2) is 0 Å². The molecule has 6 nitrogen and oxygen atoms in total. The fourth-order valence-corrected chi connectivity index (χ4v) is 6.11. The molecule has 0 spiro atoms. The fourth-order valence-electron chi connectivity index (χ4n) is 4.30. The van der Waals surface area contributed by atoms with Crippen LogP contribution in [0.3, 0.4) is 0 Å². The van der Waals surface area contributed by atoms with E-state index in [1.54, 1.807) is 0 Å². The minimum Gasteiger partial charge on any atom is -0.258 e. The van der Waals surface area contributed by atoms with E-state index in [0.717, 1.165) is 11.1 Å². The molecular weight excluding hydrogens is 617 g/mol. The molecule has 0 aromatic heterocycles. The lowest BCUT2D eigenvalue weighted by atomic mass is 9.83. The molecular formula is C26H14Cl6N2O4. The molecule has 0 aliphatic carbocycles. The highest BCUT2D eigenvalue weighted by atomic mass is 35.5. The maximum absolute atomic E-state index is 12.3. The summed E-state index contributed by atoms with van der Waals surface area (Å²) in [5, 5.41) is 22.7. The Morgan fingerprint density at radius 1 is 0.579 bits per heavy atom. The van der Waals surface area contributed by atoms with Gasteiger partial charge in [0.25, 0.3) is 11.4 Å². The molecule has 0 fully saturated rings. The first kappa shape index (κ1) is 28.4. The van der Waals surface area contributed by atoms with Gasteiger partial charge < -0.3 is 0 Å². The highest BCUT2D eigenvalue weighted by Crippen LogP contribution is 2.57. The highest BCUT2D eigenvalue weighted by molar-refractivity contribution is 6.49. The second-order valence-corrected chi connectivity index (χ2v) is 10.4. The molecule has 0 heterocycles. The number of nitrogens with zero attached hydrogens (tertiary/aromatic N) is 2. The normalized spacial score (nSPS) is 11.2. The summed E-state index contributed by atoms with van der Waals surface area (Å²) < 4.78 is 0. The highest BCUT2D eigenvalue weighted by Gasteiger charge is 2.39. The lowest BCUT2D eigenvalue weighted by Crippen LogP contribution is -2.09. The van der Waals surface area contributed by atoms with Gasteiger partial charge in [-0.25, -0.2) is 0 Å². The van der Waals surface area contributed by atoms with Crippen molar-refractivity contribution < 1.29 is 9.85 Å².